The van der Waals surface area contributed by atoms with Crippen LogP contribution in [0.4, 0.5) is 0 Å². The molecule has 1 aliphatic carbocycles. The Morgan fingerprint density at radius 3 is 2.73 bits per heavy atom. The zero-order valence-corrected chi connectivity index (χ0v) is 9.78. The lowest BCUT2D eigenvalue weighted by Crippen LogP contribution is -2.34. The molecular weight excluding hydrogens is 182 g/mol. The van der Waals surface area contributed by atoms with Gasteiger partial charge in [0.05, 0.1) is 0 Å². The summed E-state index contributed by atoms with van der Waals surface area (Å²) in [6.07, 6.45) is 14.3. The van der Waals surface area contributed by atoms with Crippen LogP contribution >= 0.6 is 0 Å². The largest absolute Gasteiger partial charge is 0.303 e. The number of piperidine rings is 1. The average molecular weight is 204 g/mol. The monoisotopic (exact) mass is 204 g/mol. The predicted molar refractivity (Wildman–Crippen MR) is 65.6 cm³/mol. The number of nitrogens with zero attached hydrogens (tertiary/aromatic N) is 1. The van der Waals surface area contributed by atoms with Crippen molar-refractivity contribution in [1.82, 2.24) is 4.90 Å². The molecule has 0 aromatic rings. The van der Waals surface area contributed by atoms with Gasteiger partial charge in [-0.25, -0.2) is 0 Å². The van der Waals surface area contributed by atoms with E-state index in [-0.39, 0.29) is 0 Å². The summed E-state index contributed by atoms with van der Waals surface area (Å²) >= 11 is 0. The molecule has 0 aromatic carbocycles. The van der Waals surface area contributed by atoms with Crippen LogP contribution in [0.15, 0.2) is 23.8 Å². The molecule has 2 aliphatic rings. The Hall–Kier alpha value is -0.560. The fraction of sp³-hybridized carbons (Fsp3) is 0.643. The van der Waals surface area contributed by atoms with Gasteiger partial charge in [0.25, 0.3) is 0 Å². The fourth-order valence-corrected chi connectivity index (χ4v) is 2.64. The van der Waals surface area contributed by atoms with E-state index < -0.39 is 0 Å². The van der Waals surface area contributed by atoms with Crippen LogP contribution in [-0.4, -0.2) is 24.5 Å². The molecule has 1 aliphatic heterocycles. The number of allylic oxidation sites excluding steroid dienone is 4. The van der Waals surface area contributed by atoms with Crippen LogP contribution in [0.25, 0.3) is 0 Å². The van der Waals surface area contributed by atoms with Gasteiger partial charge in [0, 0.05) is 0 Å². The summed E-state index contributed by atoms with van der Waals surface area (Å²) in [5.41, 5.74) is 1.59. The van der Waals surface area contributed by atoms with E-state index in [1.54, 1.807) is 5.57 Å². The smallest absolute Gasteiger partial charge is 0.00129 e. The molecule has 1 heterocycles. The zero-order valence-electron chi connectivity index (χ0n) is 9.78. The Kier molecular flexibility index (Phi) is 4.01. The van der Waals surface area contributed by atoms with Crippen LogP contribution in [0.1, 0.15) is 32.6 Å². The maximum atomic E-state index is 2.61. The number of hydrogen-bond donors (Lipinski definition) is 0. The Balaban J connectivity index is 1.82. The van der Waals surface area contributed by atoms with E-state index in [0.29, 0.717) is 0 Å². The van der Waals surface area contributed by atoms with Crippen molar-refractivity contribution in [2.75, 3.05) is 19.6 Å². The highest BCUT2D eigenvalue weighted by Crippen LogP contribution is 2.27. The third-order valence-electron chi connectivity index (χ3n) is 3.51. The lowest BCUT2D eigenvalue weighted by molar-refractivity contribution is 0.200. The maximum absolute atomic E-state index is 2.61. The highest BCUT2D eigenvalue weighted by Gasteiger charge is 2.20. The van der Waals surface area contributed by atoms with Crippen molar-refractivity contribution < 1.29 is 0 Å². The molecule has 1 radical (unpaired) electrons. The van der Waals surface area contributed by atoms with Crippen LogP contribution < -0.4 is 0 Å². The summed E-state index contributed by atoms with van der Waals surface area (Å²) in [7, 11) is 0. The summed E-state index contributed by atoms with van der Waals surface area (Å²) < 4.78 is 0. The summed E-state index contributed by atoms with van der Waals surface area (Å²) in [5, 5.41) is 0. The molecule has 0 saturated carbocycles. The van der Waals surface area contributed by atoms with E-state index in [2.05, 4.69) is 36.5 Å². The van der Waals surface area contributed by atoms with Crippen LogP contribution in [0, 0.1) is 12.3 Å². The van der Waals surface area contributed by atoms with Gasteiger partial charge in [-0.05, 0) is 63.2 Å². The van der Waals surface area contributed by atoms with Gasteiger partial charge in [0.15, 0.2) is 0 Å². The minimum Gasteiger partial charge on any atom is -0.303 e. The van der Waals surface area contributed by atoms with Gasteiger partial charge in [-0.1, -0.05) is 25.2 Å². The van der Waals surface area contributed by atoms with Crippen LogP contribution in [0.3, 0.4) is 0 Å². The molecule has 1 fully saturated rings. The average Bonchev–Trinajstić information content (AvgIpc) is 2.32. The van der Waals surface area contributed by atoms with E-state index in [9.17, 15) is 0 Å². The van der Waals surface area contributed by atoms with Crippen molar-refractivity contribution in [3.8, 4) is 0 Å². The van der Waals surface area contributed by atoms with Crippen molar-refractivity contribution in [2.45, 2.75) is 32.6 Å². The van der Waals surface area contributed by atoms with Crippen molar-refractivity contribution >= 4 is 0 Å². The minimum atomic E-state index is 0.836. The highest BCUT2D eigenvalue weighted by atomic mass is 15.1. The van der Waals surface area contributed by atoms with E-state index in [0.717, 1.165) is 12.3 Å². The normalized spacial score (nSPS) is 24.2. The molecule has 0 spiro atoms. The molecule has 0 atom stereocenters. The molecule has 83 valence electrons. The van der Waals surface area contributed by atoms with Crippen LogP contribution in [0.5, 0.6) is 0 Å². The summed E-state index contributed by atoms with van der Waals surface area (Å²) in [5.74, 6) is 0.836. The Bertz CT molecular complexity index is 244. The van der Waals surface area contributed by atoms with Gasteiger partial charge >= 0.3 is 0 Å². The first-order valence-corrected chi connectivity index (χ1v) is 6.32. The van der Waals surface area contributed by atoms with Gasteiger partial charge in [-0.2, -0.15) is 0 Å². The third kappa shape index (κ3) is 2.94. The SMILES string of the molecule is CCCN1CCC(C2=CC[CH]C=C2)CC1. The van der Waals surface area contributed by atoms with E-state index >= 15 is 0 Å². The Morgan fingerprint density at radius 2 is 2.13 bits per heavy atom. The van der Waals surface area contributed by atoms with E-state index in [1.807, 2.05) is 0 Å². The summed E-state index contributed by atoms with van der Waals surface area (Å²) in [6, 6.07) is 0. The maximum Gasteiger partial charge on any atom is -0.00129 e. The molecule has 2 rings (SSSR count). The Morgan fingerprint density at radius 1 is 1.33 bits per heavy atom. The standard InChI is InChI=1S/C14H22N/c1-2-10-15-11-8-14(9-12-15)13-6-4-3-5-7-13/h3-4,6-7,14H,2,5,8-12H2,1H3. The lowest BCUT2D eigenvalue weighted by Gasteiger charge is -2.32. The van der Waals surface area contributed by atoms with Gasteiger partial charge in [-0.3, -0.25) is 0 Å². The van der Waals surface area contributed by atoms with Gasteiger partial charge < -0.3 is 4.90 Å². The molecule has 0 N–H and O–H groups in total. The van der Waals surface area contributed by atoms with Crippen LogP contribution in [0.2, 0.25) is 0 Å². The quantitative estimate of drug-likeness (QED) is 0.682. The van der Waals surface area contributed by atoms with Crippen molar-refractivity contribution in [3.63, 3.8) is 0 Å². The molecule has 1 saturated heterocycles. The van der Waals surface area contributed by atoms with Crippen molar-refractivity contribution in [2.24, 2.45) is 5.92 Å². The van der Waals surface area contributed by atoms with Crippen molar-refractivity contribution in [3.05, 3.63) is 30.2 Å². The molecule has 0 amide bonds. The molecule has 0 bridgehead atoms. The highest BCUT2D eigenvalue weighted by molar-refractivity contribution is 5.28. The Labute approximate surface area is 93.9 Å². The number of likely N-dealkylation sites (tertiary alicyclic amines) is 1. The molecule has 0 unspecified atom stereocenters. The van der Waals surface area contributed by atoms with E-state index in [1.165, 1.54) is 38.9 Å². The molecule has 1 nitrogen and oxygen atoms in total. The first-order valence-electron chi connectivity index (χ1n) is 6.32. The zero-order chi connectivity index (χ0) is 10.5. The number of rotatable bonds is 3. The molecule has 15 heavy (non-hydrogen) atoms. The molecular formula is C14H22N. The first-order chi connectivity index (χ1) is 7.40. The van der Waals surface area contributed by atoms with Gasteiger partial charge in [0.1, 0.15) is 0 Å². The molecule has 0 aromatic heterocycles. The third-order valence-corrected chi connectivity index (χ3v) is 3.51. The topological polar surface area (TPSA) is 3.24 Å². The summed E-state index contributed by atoms with van der Waals surface area (Å²) in [6.45, 7) is 6.16. The fourth-order valence-electron chi connectivity index (χ4n) is 2.64. The van der Waals surface area contributed by atoms with Crippen molar-refractivity contribution in [1.29, 1.82) is 0 Å². The van der Waals surface area contributed by atoms with Gasteiger partial charge in [-0.15, -0.1) is 0 Å². The van der Waals surface area contributed by atoms with Crippen LogP contribution in [-0.2, 0) is 0 Å². The predicted octanol–water partition coefficient (Wildman–Crippen LogP) is 3.20. The van der Waals surface area contributed by atoms with Gasteiger partial charge in [0.2, 0.25) is 0 Å². The molecule has 1 heteroatoms. The first kappa shape index (κ1) is 10.9. The lowest BCUT2D eigenvalue weighted by atomic mass is 9.86. The van der Waals surface area contributed by atoms with E-state index in [4.69, 9.17) is 0 Å². The second-order valence-corrected chi connectivity index (χ2v) is 4.65. The number of hydrogen-bond acceptors (Lipinski definition) is 1. The summed E-state index contributed by atoms with van der Waals surface area (Å²) in [4.78, 5) is 2.61. The second-order valence-electron chi connectivity index (χ2n) is 4.65. The second kappa shape index (κ2) is 5.50. The minimum absolute atomic E-state index is 0.836.